The first-order valence-corrected chi connectivity index (χ1v) is 11.0. The monoisotopic (exact) mass is 471 g/mol. The Kier molecular flexibility index (Phi) is 5.26. The number of ether oxygens (including phenoxy) is 2. The molecule has 31 heavy (non-hydrogen) atoms. The fourth-order valence-electron chi connectivity index (χ4n) is 4.25. The summed E-state index contributed by atoms with van der Waals surface area (Å²) in [5, 5.41) is 2.44. The smallest absolute Gasteiger partial charge is 0.188 e. The minimum atomic E-state index is 0.171. The molecule has 4 heteroatoms. The Morgan fingerprint density at radius 2 is 1.39 bits per heavy atom. The van der Waals surface area contributed by atoms with Crippen LogP contribution in [0.4, 0.5) is 0 Å². The van der Waals surface area contributed by atoms with Crippen molar-refractivity contribution in [1.29, 1.82) is 0 Å². The van der Waals surface area contributed by atoms with Crippen LogP contribution < -0.4 is 4.74 Å². The van der Waals surface area contributed by atoms with E-state index in [1.165, 1.54) is 10.8 Å². The Labute approximate surface area is 190 Å². The van der Waals surface area contributed by atoms with Crippen LogP contribution >= 0.6 is 15.9 Å². The zero-order valence-electron chi connectivity index (χ0n) is 17.4. The van der Waals surface area contributed by atoms with E-state index in [-0.39, 0.29) is 6.79 Å². The zero-order chi connectivity index (χ0) is 21.4. The first-order valence-electron chi connectivity index (χ1n) is 10.2. The van der Waals surface area contributed by atoms with Crippen LogP contribution in [0.1, 0.15) is 5.56 Å². The maximum Gasteiger partial charge on any atom is 0.188 e. The molecule has 0 N–H and O–H groups in total. The number of hydrogen-bond donors (Lipinski definition) is 0. The van der Waals surface area contributed by atoms with Gasteiger partial charge in [0, 0.05) is 27.9 Å². The van der Waals surface area contributed by atoms with Gasteiger partial charge in [0.1, 0.15) is 0 Å². The average Bonchev–Trinajstić information content (AvgIpc) is 3.12. The third kappa shape index (κ3) is 3.42. The molecule has 0 spiro atoms. The Bertz CT molecular complexity index is 1350. The van der Waals surface area contributed by atoms with Gasteiger partial charge in [0.15, 0.2) is 12.5 Å². The van der Waals surface area contributed by atoms with Gasteiger partial charge >= 0.3 is 0 Å². The highest BCUT2D eigenvalue weighted by Crippen LogP contribution is 2.42. The second-order valence-electron chi connectivity index (χ2n) is 7.56. The Hall–Kier alpha value is -3.08. The van der Waals surface area contributed by atoms with Gasteiger partial charge in [0.25, 0.3) is 0 Å². The number of halogens is 1. The van der Waals surface area contributed by atoms with Gasteiger partial charge in [-0.2, -0.15) is 0 Å². The average molecular weight is 472 g/mol. The quantitative estimate of drug-likeness (QED) is 0.247. The molecule has 3 nitrogen and oxygen atoms in total. The SMILES string of the molecule is COCOc1c(-c2ccccc2Br)cc(C)cc1-n1c2ccccc2c2ccccc21. The van der Waals surface area contributed by atoms with E-state index in [1.807, 2.05) is 12.1 Å². The van der Waals surface area contributed by atoms with Crippen LogP contribution in [0, 0.1) is 6.92 Å². The predicted octanol–water partition coefficient (Wildman–Crippen LogP) is 7.50. The molecule has 0 amide bonds. The summed E-state index contributed by atoms with van der Waals surface area (Å²) in [5.41, 5.74) is 6.57. The van der Waals surface area contributed by atoms with E-state index in [1.54, 1.807) is 7.11 Å². The number of aryl methyl sites for hydroxylation is 1. The lowest BCUT2D eigenvalue weighted by molar-refractivity contribution is 0.0515. The van der Waals surface area contributed by atoms with E-state index in [0.717, 1.165) is 43.6 Å². The van der Waals surface area contributed by atoms with Crippen molar-refractivity contribution in [3.05, 3.63) is 95.0 Å². The molecule has 0 bridgehead atoms. The molecule has 0 unspecified atom stereocenters. The second-order valence-corrected chi connectivity index (χ2v) is 8.42. The number of methoxy groups -OCH3 is 1. The van der Waals surface area contributed by atoms with E-state index in [2.05, 4.69) is 100 Å². The fourth-order valence-corrected chi connectivity index (χ4v) is 4.75. The maximum absolute atomic E-state index is 6.24. The molecule has 0 radical (unpaired) electrons. The van der Waals surface area contributed by atoms with Crippen LogP contribution in [0.15, 0.2) is 89.4 Å². The Balaban J connectivity index is 1.90. The molecule has 0 aliphatic rings. The number of rotatable bonds is 5. The van der Waals surface area contributed by atoms with Crippen molar-refractivity contribution >= 4 is 37.7 Å². The molecule has 1 heterocycles. The fraction of sp³-hybridized carbons (Fsp3) is 0.111. The minimum Gasteiger partial charge on any atom is -0.465 e. The maximum atomic E-state index is 6.24. The molecular weight excluding hydrogens is 450 g/mol. The predicted molar refractivity (Wildman–Crippen MR) is 131 cm³/mol. The van der Waals surface area contributed by atoms with Crippen molar-refractivity contribution in [2.75, 3.05) is 13.9 Å². The van der Waals surface area contributed by atoms with Crippen molar-refractivity contribution in [2.45, 2.75) is 6.92 Å². The van der Waals surface area contributed by atoms with Gasteiger partial charge < -0.3 is 14.0 Å². The van der Waals surface area contributed by atoms with Crippen LogP contribution in [-0.4, -0.2) is 18.5 Å². The summed E-state index contributed by atoms with van der Waals surface area (Å²) in [6.45, 7) is 2.29. The Morgan fingerprint density at radius 3 is 2.03 bits per heavy atom. The normalized spacial score (nSPS) is 11.3. The molecule has 0 aliphatic heterocycles. The summed E-state index contributed by atoms with van der Waals surface area (Å²) in [6.07, 6.45) is 0. The van der Waals surface area contributed by atoms with Gasteiger partial charge in [-0.05, 0) is 48.4 Å². The van der Waals surface area contributed by atoms with Gasteiger partial charge in [0.05, 0.1) is 16.7 Å². The molecule has 4 aromatic carbocycles. The zero-order valence-corrected chi connectivity index (χ0v) is 19.0. The molecule has 0 saturated carbocycles. The molecule has 0 atom stereocenters. The number of aromatic nitrogens is 1. The second kappa shape index (κ2) is 8.22. The van der Waals surface area contributed by atoms with Crippen molar-refractivity contribution in [2.24, 2.45) is 0 Å². The molecular formula is C27H22BrNO2. The van der Waals surface area contributed by atoms with Crippen molar-refractivity contribution < 1.29 is 9.47 Å². The standard InChI is InChI=1S/C27H22BrNO2/c1-18-15-22(19-9-3-6-12-23(19)28)27(31-17-30-2)26(16-18)29-24-13-7-4-10-20(24)21-11-5-8-14-25(21)29/h3-16H,17H2,1-2H3. The lowest BCUT2D eigenvalue weighted by atomic mass is 10.0. The van der Waals surface area contributed by atoms with Gasteiger partial charge in [-0.1, -0.05) is 70.5 Å². The highest BCUT2D eigenvalue weighted by Gasteiger charge is 2.20. The van der Waals surface area contributed by atoms with E-state index in [9.17, 15) is 0 Å². The van der Waals surface area contributed by atoms with E-state index >= 15 is 0 Å². The van der Waals surface area contributed by atoms with Gasteiger partial charge in [-0.15, -0.1) is 0 Å². The highest BCUT2D eigenvalue weighted by molar-refractivity contribution is 9.10. The number of nitrogens with zero attached hydrogens (tertiary/aromatic N) is 1. The summed E-state index contributed by atoms with van der Waals surface area (Å²) < 4.78 is 14.9. The molecule has 5 aromatic rings. The summed E-state index contributed by atoms with van der Waals surface area (Å²) in [5.74, 6) is 0.797. The summed E-state index contributed by atoms with van der Waals surface area (Å²) >= 11 is 3.72. The molecule has 0 saturated heterocycles. The van der Waals surface area contributed by atoms with Crippen LogP contribution in [0.5, 0.6) is 5.75 Å². The summed E-state index contributed by atoms with van der Waals surface area (Å²) in [6, 6.07) is 29.6. The van der Waals surface area contributed by atoms with E-state index < -0.39 is 0 Å². The number of para-hydroxylation sites is 2. The third-order valence-corrected chi connectivity index (χ3v) is 6.21. The van der Waals surface area contributed by atoms with Crippen LogP contribution in [0.3, 0.4) is 0 Å². The summed E-state index contributed by atoms with van der Waals surface area (Å²) in [4.78, 5) is 0. The van der Waals surface area contributed by atoms with Crippen molar-refractivity contribution in [3.63, 3.8) is 0 Å². The molecule has 5 rings (SSSR count). The van der Waals surface area contributed by atoms with Gasteiger partial charge in [-0.25, -0.2) is 0 Å². The van der Waals surface area contributed by atoms with E-state index in [4.69, 9.17) is 9.47 Å². The lowest BCUT2D eigenvalue weighted by Gasteiger charge is -2.20. The Morgan fingerprint density at radius 1 is 0.774 bits per heavy atom. The van der Waals surface area contributed by atoms with Gasteiger partial charge in [0.2, 0.25) is 0 Å². The first-order chi connectivity index (χ1) is 15.2. The number of fused-ring (bicyclic) bond motifs is 3. The van der Waals surface area contributed by atoms with Gasteiger partial charge in [-0.3, -0.25) is 0 Å². The minimum absolute atomic E-state index is 0.171. The molecule has 0 fully saturated rings. The lowest BCUT2D eigenvalue weighted by Crippen LogP contribution is -2.06. The van der Waals surface area contributed by atoms with Crippen molar-refractivity contribution in [3.8, 4) is 22.6 Å². The van der Waals surface area contributed by atoms with Crippen molar-refractivity contribution in [1.82, 2.24) is 4.57 Å². The van der Waals surface area contributed by atoms with Crippen LogP contribution in [0.2, 0.25) is 0 Å². The summed E-state index contributed by atoms with van der Waals surface area (Å²) in [7, 11) is 1.65. The third-order valence-electron chi connectivity index (χ3n) is 5.52. The first kappa shape index (κ1) is 19.9. The molecule has 1 aromatic heterocycles. The van der Waals surface area contributed by atoms with E-state index in [0.29, 0.717) is 0 Å². The number of hydrogen-bond acceptors (Lipinski definition) is 2. The highest BCUT2D eigenvalue weighted by atomic mass is 79.9. The molecule has 0 aliphatic carbocycles. The topological polar surface area (TPSA) is 23.4 Å². The van der Waals surface area contributed by atoms with Crippen LogP contribution in [0.25, 0.3) is 38.6 Å². The largest absolute Gasteiger partial charge is 0.465 e. The molecule has 154 valence electrons. The number of benzene rings is 4. The van der Waals surface area contributed by atoms with Crippen LogP contribution in [-0.2, 0) is 4.74 Å².